The molecule has 5 amide bonds. The Labute approximate surface area is 362 Å². The third-order valence-corrected chi connectivity index (χ3v) is 13.0. The molecule has 2 saturated heterocycles. The number of imide groups is 1. The first-order valence-corrected chi connectivity index (χ1v) is 21.6. The molecule has 2 aromatic carbocycles. The summed E-state index contributed by atoms with van der Waals surface area (Å²) >= 11 is 0. The van der Waals surface area contributed by atoms with E-state index in [-0.39, 0.29) is 48.1 Å². The molecule has 0 saturated carbocycles. The predicted molar refractivity (Wildman–Crippen MR) is 231 cm³/mol. The lowest BCUT2D eigenvalue weighted by molar-refractivity contribution is -0.137. The number of amides is 5. The molecule has 3 aromatic heterocycles. The summed E-state index contributed by atoms with van der Waals surface area (Å²) in [5, 5.41) is 14.1. The minimum Gasteiger partial charge on any atom is -0.374 e. The molecule has 9 rings (SSSR count). The number of piperidine rings is 2. The normalized spacial score (nSPS) is 18.6. The number of anilines is 3. The number of likely N-dealkylation sites (tertiary alicyclic amines) is 1. The SMILES string of the molecule is CC(=O)N1CCc2c(c(N3CCCc4cc(-c5cn(C)c6ccncc56)c(C(F)F)cc43)nn2C2CCN(C(=O)c3ccc(N[C@@H](C)C(=O)NC4CCC(=O)NC4=O)cc3)CC2)C1. The smallest absolute Gasteiger partial charge is 0.264 e. The van der Waals surface area contributed by atoms with E-state index in [9.17, 15) is 24.0 Å². The van der Waals surface area contributed by atoms with Gasteiger partial charge in [-0.2, -0.15) is 5.10 Å². The lowest BCUT2D eigenvalue weighted by atomic mass is 9.91. The number of carbonyl (C=O) groups is 5. The van der Waals surface area contributed by atoms with Crippen LogP contribution in [0.4, 0.5) is 26.0 Å². The van der Waals surface area contributed by atoms with Gasteiger partial charge in [-0.1, -0.05) is 0 Å². The average Bonchev–Trinajstić information content (AvgIpc) is 3.84. The van der Waals surface area contributed by atoms with Crippen LogP contribution in [0.15, 0.2) is 61.1 Å². The topological polar surface area (TPSA) is 167 Å². The summed E-state index contributed by atoms with van der Waals surface area (Å²) in [6.07, 6.45) is 6.44. The highest BCUT2D eigenvalue weighted by molar-refractivity contribution is 6.02. The summed E-state index contributed by atoms with van der Waals surface area (Å²) in [7, 11) is 1.90. The predicted octanol–water partition coefficient (Wildman–Crippen LogP) is 5.56. The van der Waals surface area contributed by atoms with Crippen molar-refractivity contribution in [3.05, 3.63) is 89.0 Å². The molecular formula is C46H50F2N10O5. The Kier molecular flexibility index (Phi) is 11.2. The summed E-state index contributed by atoms with van der Waals surface area (Å²) in [5.41, 5.74) is 6.85. The Balaban J connectivity index is 0.919. The highest BCUT2D eigenvalue weighted by Gasteiger charge is 2.36. The molecule has 1 unspecified atom stereocenters. The van der Waals surface area contributed by atoms with Gasteiger partial charge in [-0.15, -0.1) is 0 Å². The number of halogens is 2. The van der Waals surface area contributed by atoms with Crippen LogP contribution < -0.4 is 20.9 Å². The molecule has 7 heterocycles. The molecule has 4 aliphatic heterocycles. The zero-order valence-electron chi connectivity index (χ0n) is 35.5. The molecule has 3 N–H and O–H groups in total. The molecule has 63 heavy (non-hydrogen) atoms. The van der Waals surface area contributed by atoms with Crippen LogP contribution in [0.3, 0.4) is 0 Å². The van der Waals surface area contributed by atoms with Crippen molar-refractivity contribution in [3.63, 3.8) is 0 Å². The third kappa shape index (κ3) is 8.00. The lowest BCUT2D eigenvalue weighted by Crippen LogP contribution is -2.54. The Morgan fingerprint density at radius 2 is 1.70 bits per heavy atom. The quantitative estimate of drug-likeness (QED) is 0.161. The molecule has 2 atom stereocenters. The van der Waals surface area contributed by atoms with Crippen LogP contribution in [0.25, 0.3) is 22.0 Å². The van der Waals surface area contributed by atoms with E-state index in [4.69, 9.17) is 5.10 Å². The van der Waals surface area contributed by atoms with Gasteiger partial charge in [0.25, 0.3) is 12.3 Å². The van der Waals surface area contributed by atoms with Crippen LogP contribution in [0.5, 0.6) is 0 Å². The molecule has 0 aliphatic carbocycles. The van der Waals surface area contributed by atoms with E-state index in [0.29, 0.717) is 85.9 Å². The molecule has 5 aromatic rings. The number of aromatic nitrogens is 4. The van der Waals surface area contributed by atoms with Gasteiger partial charge in [0.15, 0.2) is 5.82 Å². The number of fused-ring (bicyclic) bond motifs is 3. The van der Waals surface area contributed by atoms with E-state index >= 15 is 8.78 Å². The number of rotatable bonds is 9. The highest BCUT2D eigenvalue weighted by atomic mass is 19.3. The van der Waals surface area contributed by atoms with Crippen molar-refractivity contribution >= 4 is 57.6 Å². The Morgan fingerprint density at radius 1 is 0.921 bits per heavy atom. The summed E-state index contributed by atoms with van der Waals surface area (Å²) in [6.45, 7) is 5.75. The van der Waals surface area contributed by atoms with E-state index < -0.39 is 24.4 Å². The van der Waals surface area contributed by atoms with Crippen molar-refractivity contribution in [2.24, 2.45) is 7.05 Å². The summed E-state index contributed by atoms with van der Waals surface area (Å²) in [4.78, 5) is 72.8. The maximum Gasteiger partial charge on any atom is 0.264 e. The van der Waals surface area contributed by atoms with E-state index in [0.717, 1.165) is 40.6 Å². The molecule has 328 valence electrons. The first-order chi connectivity index (χ1) is 30.3. The number of nitrogens with zero attached hydrogens (tertiary/aromatic N) is 7. The number of hydrogen-bond acceptors (Lipinski definition) is 9. The van der Waals surface area contributed by atoms with E-state index in [1.165, 1.54) is 0 Å². The summed E-state index contributed by atoms with van der Waals surface area (Å²) < 4.78 is 34.2. The van der Waals surface area contributed by atoms with Crippen molar-refractivity contribution < 1.29 is 32.8 Å². The molecule has 15 nitrogen and oxygen atoms in total. The molecule has 2 fully saturated rings. The van der Waals surface area contributed by atoms with Gasteiger partial charge < -0.3 is 29.9 Å². The fourth-order valence-electron chi connectivity index (χ4n) is 9.60. The number of hydrogen-bond donors (Lipinski definition) is 3. The van der Waals surface area contributed by atoms with Crippen LogP contribution in [-0.4, -0.2) is 96.9 Å². The van der Waals surface area contributed by atoms with Crippen LogP contribution in [0.2, 0.25) is 0 Å². The number of nitrogens with one attached hydrogen (secondary N) is 3. The molecule has 0 bridgehead atoms. The number of alkyl halides is 2. The second-order valence-electron chi connectivity index (χ2n) is 17.0. The van der Waals surface area contributed by atoms with Gasteiger partial charge >= 0.3 is 0 Å². The largest absolute Gasteiger partial charge is 0.374 e. The maximum absolute atomic E-state index is 15.1. The zero-order chi connectivity index (χ0) is 44.1. The fraction of sp³-hybridized carbons (Fsp3) is 0.413. The van der Waals surface area contributed by atoms with Crippen molar-refractivity contribution in [1.29, 1.82) is 0 Å². The zero-order valence-corrected chi connectivity index (χ0v) is 35.5. The average molecular weight is 861 g/mol. The van der Waals surface area contributed by atoms with Crippen molar-refractivity contribution in [1.82, 2.24) is 39.8 Å². The van der Waals surface area contributed by atoms with Crippen molar-refractivity contribution in [2.75, 3.05) is 36.4 Å². The van der Waals surface area contributed by atoms with Gasteiger partial charge in [-0.25, -0.2) is 8.78 Å². The lowest BCUT2D eigenvalue weighted by Gasteiger charge is -2.34. The van der Waals surface area contributed by atoms with Gasteiger partial charge in [0.2, 0.25) is 23.6 Å². The van der Waals surface area contributed by atoms with Crippen LogP contribution >= 0.6 is 0 Å². The molecule has 17 heteroatoms. The Hall–Kier alpha value is -6.65. The molecular weight excluding hydrogens is 811 g/mol. The van der Waals surface area contributed by atoms with Gasteiger partial charge in [0.05, 0.1) is 18.1 Å². The molecule has 4 aliphatic rings. The van der Waals surface area contributed by atoms with Crippen LogP contribution in [0.1, 0.15) is 91.2 Å². The third-order valence-electron chi connectivity index (χ3n) is 13.0. The van der Waals surface area contributed by atoms with Crippen LogP contribution in [0, 0.1) is 0 Å². The van der Waals surface area contributed by atoms with Gasteiger partial charge in [-0.05, 0) is 92.6 Å². The van der Waals surface area contributed by atoms with Gasteiger partial charge in [0, 0.05) is 116 Å². The van der Waals surface area contributed by atoms with Gasteiger partial charge in [0.1, 0.15) is 12.1 Å². The summed E-state index contributed by atoms with van der Waals surface area (Å²) in [5.74, 6) is -0.716. The number of benzene rings is 2. The minimum absolute atomic E-state index is 0.0111. The standard InChI is InChI=1S/C46H50F2N10O5/c1-26(44(61)51-37-10-11-41(60)52-45(37)62)50-30-8-6-28(7-9-30)46(63)55-18-13-31(14-19-55)58-39-15-20-56(27(2)59)25-36(39)43(53-58)57-17-4-5-29-21-32(33(42(47)48)22-40(29)57)35-24-54(3)38-12-16-49-23-34(35)38/h6-9,12,16,21-24,26,31,37,42,50H,4-5,10-11,13-15,17-20,25H2,1-3H3,(H,51,61)(H,52,60,62)/t26-,37?/m0/s1. The van der Waals surface area contributed by atoms with Crippen molar-refractivity contribution in [2.45, 2.75) is 89.9 Å². The van der Waals surface area contributed by atoms with Crippen LogP contribution in [-0.2, 0) is 45.6 Å². The second-order valence-corrected chi connectivity index (χ2v) is 17.0. The summed E-state index contributed by atoms with van der Waals surface area (Å²) in [6, 6.07) is 10.9. The monoisotopic (exact) mass is 860 g/mol. The fourth-order valence-corrected chi connectivity index (χ4v) is 9.60. The van der Waals surface area contributed by atoms with E-state index in [2.05, 4.69) is 30.5 Å². The molecule has 0 radical (unpaired) electrons. The Morgan fingerprint density at radius 3 is 2.43 bits per heavy atom. The number of carbonyl (C=O) groups excluding carboxylic acids is 5. The Bertz CT molecular complexity index is 2630. The second kappa shape index (κ2) is 16.9. The van der Waals surface area contributed by atoms with E-state index in [1.54, 1.807) is 56.6 Å². The number of pyridine rings is 1. The van der Waals surface area contributed by atoms with Crippen molar-refractivity contribution in [3.8, 4) is 11.1 Å². The van der Waals surface area contributed by atoms with Gasteiger partial charge in [-0.3, -0.25) is 39.0 Å². The first kappa shape index (κ1) is 41.7. The minimum atomic E-state index is -2.72. The molecule has 0 spiro atoms. The highest BCUT2D eigenvalue weighted by Crippen LogP contribution is 2.45. The maximum atomic E-state index is 15.1. The first-order valence-electron chi connectivity index (χ1n) is 21.6. The van der Waals surface area contributed by atoms with E-state index in [1.807, 2.05) is 39.7 Å². The number of aryl methyl sites for hydroxylation is 2.